The van der Waals surface area contributed by atoms with Gasteiger partial charge in [-0.2, -0.15) is 5.26 Å². The topological polar surface area (TPSA) is 114 Å². The molecule has 1 aromatic rings. The third kappa shape index (κ3) is 3.45. The summed E-state index contributed by atoms with van der Waals surface area (Å²) in [6, 6.07) is 2.60. The quantitative estimate of drug-likeness (QED) is 0.654. The van der Waals surface area contributed by atoms with Crippen LogP contribution in [-0.2, 0) is 14.8 Å². The van der Waals surface area contributed by atoms with Gasteiger partial charge in [0.05, 0.1) is 17.0 Å². The lowest BCUT2D eigenvalue weighted by Gasteiger charge is -2.32. The normalized spacial score (nSPS) is 18.1. The minimum Gasteiger partial charge on any atom is -0.297 e. The highest BCUT2D eigenvalue weighted by atomic mass is 32.2. The Morgan fingerprint density at radius 1 is 1.50 bits per heavy atom. The fourth-order valence-electron chi connectivity index (χ4n) is 2.01. The largest absolute Gasteiger partial charge is 0.297 e. The van der Waals surface area contributed by atoms with Crippen LogP contribution in [0.2, 0.25) is 0 Å². The Morgan fingerprint density at radius 3 is 2.75 bits per heavy atom. The summed E-state index contributed by atoms with van der Waals surface area (Å²) in [5.41, 5.74) is 4.73. The molecule has 0 radical (unpaired) electrons. The maximum absolute atomic E-state index is 14.3. The second-order valence-corrected chi connectivity index (χ2v) is 7.34. The predicted octanol–water partition coefficient (Wildman–Crippen LogP) is 0.351. The van der Waals surface area contributed by atoms with Crippen molar-refractivity contribution in [2.24, 2.45) is 0 Å². The molecule has 128 valence electrons. The number of benzene rings is 1. The minimum atomic E-state index is -3.67. The van der Waals surface area contributed by atoms with Crippen molar-refractivity contribution in [2.75, 3.05) is 17.5 Å². The van der Waals surface area contributed by atoms with Crippen molar-refractivity contribution in [1.82, 2.24) is 15.8 Å². The molecule has 11 heteroatoms. The SMILES string of the molecule is CCS(=O)(=O)Nc1cc(C2NNC(=S)N(C)C2=O)c(F)cc1C#N. The van der Waals surface area contributed by atoms with Gasteiger partial charge in [-0.25, -0.2) is 18.2 Å². The number of carbonyl (C=O) groups excluding carboxylic acids is 1. The number of carbonyl (C=O) groups is 1. The van der Waals surface area contributed by atoms with Crippen LogP contribution in [0.25, 0.3) is 0 Å². The Balaban J connectivity index is 2.50. The highest BCUT2D eigenvalue weighted by molar-refractivity contribution is 7.92. The van der Waals surface area contributed by atoms with Gasteiger partial charge in [-0.05, 0) is 31.3 Å². The van der Waals surface area contributed by atoms with Gasteiger partial charge >= 0.3 is 0 Å². The zero-order valence-corrected chi connectivity index (χ0v) is 14.4. The maximum atomic E-state index is 14.3. The van der Waals surface area contributed by atoms with E-state index in [1.807, 2.05) is 0 Å². The number of halogens is 1. The maximum Gasteiger partial charge on any atom is 0.252 e. The summed E-state index contributed by atoms with van der Waals surface area (Å²) in [4.78, 5) is 13.4. The molecule has 1 unspecified atom stereocenters. The first-order valence-electron chi connectivity index (χ1n) is 6.77. The van der Waals surface area contributed by atoms with E-state index in [-0.39, 0.29) is 27.7 Å². The van der Waals surface area contributed by atoms with Crippen molar-refractivity contribution < 1.29 is 17.6 Å². The molecule has 1 fully saturated rings. The van der Waals surface area contributed by atoms with Crippen LogP contribution >= 0.6 is 12.2 Å². The van der Waals surface area contributed by atoms with Crippen LogP contribution in [0.1, 0.15) is 24.1 Å². The monoisotopic (exact) mass is 371 g/mol. The van der Waals surface area contributed by atoms with E-state index in [1.165, 1.54) is 14.0 Å². The second kappa shape index (κ2) is 6.68. The van der Waals surface area contributed by atoms with Gasteiger partial charge in [-0.15, -0.1) is 0 Å². The van der Waals surface area contributed by atoms with Crippen LogP contribution in [0.4, 0.5) is 10.1 Å². The van der Waals surface area contributed by atoms with Gasteiger partial charge in [0.2, 0.25) is 10.0 Å². The number of thiocarbonyl (C=S) groups is 1. The predicted molar refractivity (Wildman–Crippen MR) is 88.6 cm³/mol. The summed E-state index contributed by atoms with van der Waals surface area (Å²) in [7, 11) is -2.25. The smallest absolute Gasteiger partial charge is 0.252 e. The highest BCUT2D eigenvalue weighted by Crippen LogP contribution is 2.27. The Labute approximate surface area is 143 Å². The molecular weight excluding hydrogens is 357 g/mol. The van der Waals surface area contributed by atoms with Crippen molar-refractivity contribution in [1.29, 1.82) is 5.26 Å². The molecule has 1 aromatic carbocycles. The number of amides is 1. The lowest BCUT2D eigenvalue weighted by molar-refractivity contribution is -0.130. The van der Waals surface area contributed by atoms with Crippen LogP contribution in [0.5, 0.6) is 0 Å². The standard InChI is InChI=1S/C13H14FN5O3S2/c1-3-24(21,22)18-10-5-8(9(14)4-7(10)6-15)11-12(20)19(2)13(23)17-16-11/h4-5,11,16,18H,3H2,1-2H3,(H,17,23). The zero-order chi connectivity index (χ0) is 18.1. The molecule has 1 heterocycles. The van der Waals surface area contributed by atoms with Crippen LogP contribution in [0.3, 0.4) is 0 Å². The number of sulfonamides is 1. The Hall–Kier alpha value is -2.29. The van der Waals surface area contributed by atoms with E-state index in [4.69, 9.17) is 17.5 Å². The summed E-state index contributed by atoms with van der Waals surface area (Å²) in [5, 5.41) is 9.19. The minimum absolute atomic E-state index is 0.0962. The van der Waals surface area contributed by atoms with E-state index < -0.39 is 27.8 Å². The van der Waals surface area contributed by atoms with Crippen molar-refractivity contribution in [2.45, 2.75) is 13.0 Å². The van der Waals surface area contributed by atoms with Gasteiger partial charge in [0, 0.05) is 12.6 Å². The number of nitrogens with zero attached hydrogens (tertiary/aromatic N) is 2. The molecule has 1 saturated heterocycles. The average molecular weight is 371 g/mol. The molecule has 0 spiro atoms. The molecule has 0 aliphatic carbocycles. The molecule has 24 heavy (non-hydrogen) atoms. The van der Waals surface area contributed by atoms with Crippen LogP contribution in [-0.4, -0.2) is 37.1 Å². The Bertz CT molecular complexity index is 850. The van der Waals surface area contributed by atoms with E-state index in [1.54, 1.807) is 6.07 Å². The molecule has 0 saturated carbocycles. The molecule has 0 bridgehead atoms. The van der Waals surface area contributed by atoms with Crippen molar-refractivity contribution >= 4 is 38.9 Å². The molecule has 0 aromatic heterocycles. The molecule has 1 atom stereocenters. The third-order valence-electron chi connectivity index (χ3n) is 3.42. The van der Waals surface area contributed by atoms with Crippen LogP contribution in [0.15, 0.2) is 12.1 Å². The highest BCUT2D eigenvalue weighted by Gasteiger charge is 2.33. The number of anilines is 1. The summed E-state index contributed by atoms with van der Waals surface area (Å²) in [6.07, 6.45) is 0. The van der Waals surface area contributed by atoms with Crippen molar-refractivity contribution in [3.8, 4) is 6.07 Å². The first-order chi connectivity index (χ1) is 11.2. The van der Waals surface area contributed by atoms with Crippen LogP contribution in [0, 0.1) is 17.1 Å². The Kier molecular flexibility index (Phi) is 5.02. The molecule has 2 rings (SSSR count). The van der Waals surface area contributed by atoms with Crippen LogP contribution < -0.4 is 15.6 Å². The Morgan fingerprint density at radius 2 is 2.17 bits per heavy atom. The van der Waals surface area contributed by atoms with E-state index in [2.05, 4.69) is 15.6 Å². The fourth-order valence-corrected chi connectivity index (χ4v) is 2.81. The number of hydrogen-bond donors (Lipinski definition) is 3. The molecule has 1 amide bonds. The number of rotatable bonds is 4. The second-order valence-electron chi connectivity index (χ2n) is 4.94. The van der Waals surface area contributed by atoms with Gasteiger partial charge in [0.15, 0.2) is 5.11 Å². The number of nitrogens with one attached hydrogen (secondary N) is 3. The van der Waals surface area contributed by atoms with Gasteiger partial charge < -0.3 is 0 Å². The number of likely N-dealkylation sites (N-methyl/N-ethyl adjacent to an activating group) is 1. The van der Waals surface area contributed by atoms with Crippen molar-refractivity contribution in [3.63, 3.8) is 0 Å². The molecule has 1 aliphatic heterocycles. The molecular formula is C13H14FN5O3S2. The number of hydrogen-bond acceptors (Lipinski definition) is 6. The average Bonchev–Trinajstić information content (AvgIpc) is 2.54. The first-order valence-corrected chi connectivity index (χ1v) is 8.83. The lowest BCUT2D eigenvalue weighted by atomic mass is 10.0. The number of hydrazine groups is 1. The molecule has 3 N–H and O–H groups in total. The summed E-state index contributed by atoms with van der Waals surface area (Å²) < 4.78 is 40.0. The van der Waals surface area contributed by atoms with Gasteiger partial charge in [-0.1, -0.05) is 0 Å². The fraction of sp³-hybridized carbons (Fsp3) is 0.308. The zero-order valence-electron chi connectivity index (χ0n) is 12.8. The third-order valence-corrected chi connectivity index (χ3v) is 5.09. The van der Waals surface area contributed by atoms with Crippen molar-refractivity contribution in [3.05, 3.63) is 29.1 Å². The van der Waals surface area contributed by atoms with Gasteiger partial charge in [0.25, 0.3) is 5.91 Å². The van der Waals surface area contributed by atoms with E-state index in [0.717, 1.165) is 17.0 Å². The first kappa shape index (κ1) is 18.1. The van der Waals surface area contributed by atoms with E-state index >= 15 is 0 Å². The summed E-state index contributed by atoms with van der Waals surface area (Å²) in [6.45, 7) is 1.42. The molecule has 8 nitrogen and oxygen atoms in total. The molecule has 1 aliphatic rings. The summed E-state index contributed by atoms with van der Waals surface area (Å²) >= 11 is 4.90. The van der Waals surface area contributed by atoms with Gasteiger partial charge in [-0.3, -0.25) is 19.8 Å². The van der Waals surface area contributed by atoms with E-state index in [9.17, 15) is 17.6 Å². The summed E-state index contributed by atoms with van der Waals surface area (Å²) in [5.74, 6) is -1.56. The lowest BCUT2D eigenvalue weighted by Crippen LogP contribution is -2.58. The number of nitriles is 1. The van der Waals surface area contributed by atoms with Gasteiger partial charge in [0.1, 0.15) is 17.9 Å². The van der Waals surface area contributed by atoms with E-state index in [0.29, 0.717) is 0 Å².